The first kappa shape index (κ1) is 20.9. The first-order valence-corrected chi connectivity index (χ1v) is 9.85. The number of amides is 1. The number of hydrogen-bond donors (Lipinski definition) is 2. The Morgan fingerprint density at radius 2 is 2.07 bits per heavy atom. The van der Waals surface area contributed by atoms with Gasteiger partial charge in [-0.1, -0.05) is 41.4 Å². The van der Waals surface area contributed by atoms with Gasteiger partial charge in [-0.3, -0.25) is 9.69 Å². The minimum absolute atomic E-state index is 0.130. The third-order valence-electron chi connectivity index (χ3n) is 5.14. The third kappa shape index (κ3) is 4.28. The van der Waals surface area contributed by atoms with Gasteiger partial charge in [-0.25, -0.2) is 0 Å². The van der Waals surface area contributed by atoms with Crippen LogP contribution in [0.15, 0.2) is 36.4 Å². The van der Waals surface area contributed by atoms with E-state index in [1.165, 1.54) is 0 Å². The minimum atomic E-state index is -0.643. The second-order valence-corrected chi connectivity index (χ2v) is 7.96. The van der Waals surface area contributed by atoms with Crippen LogP contribution in [-0.4, -0.2) is 42.7 Å². The van der Waals surface area contributed by atoms with Gasteiger partial charge in [-0.05, 0) is 43.3 Å². The van der Waals surface area contributed by atoms with E-state index in [-0.39, 0.29) is 24.5 Å². The monoisotopic (exact) mass is 422 g/mol. The molecule has 3 rings (SSSR count). The van der Waals surface area contributed by atoms with Gasteiger partial charge in [0.05, 0.1) is 31.8 Å². The van der Waals surface area contributed by atoms with Crippen LogP contribution >= 0.6 is 23.2 Å². The standard InChI is InChI=1S/C21H24Cl2N2O3/c1-12(14-6-4-5-7-19(14)28-3)24-20(27)11-25(2)21-16-8-13(22)9-17(23)15(16)10-18(21)26/h4-9,12,18,21,26H,10-11H2,1-3H3,(H,24,27). The molecular weight excluding hydrogens is 399 g/mol. The van der Waals surface area contributed by atoms with Crippen LogP contribution in [0.5, 0.6) is 5.75 Å². The highest BCUT2D eigenvalue weighted by Crippen LogP contribution is 2.40. The van der Waals surface area contributed by atoms with Crippen LogP contribution in [0.25, 0.3) is 0 Å². The summed E-state index contributed by atoms with van der Waals surface area (Å²) in [6.07, 6.45) is -0.199. The van der Waals surface area contributed by atoms with Crippen molar-refractivity contribution in [3.63, 3.8) is 0 Å². The summed E-state index contributed by atoms with van der Waals surface area (Å²) in [5.74, 6) is 0.586. The van der Waals surface area contributed by atoms with E-state index in [0.29, 0.717) is 16.5 Å². The molecule has 0 aromatic heterocycles. The number of hydrogen-bond acceptors (Lipinski definition) is 4. The number of nitrogens with zero attached hydrogens (tertiary/aromatic N) is 1. The molecule has 0 bridgehead atoms. The first-order chi connectivity index (χ1) is 13.3. The zero-order valence-electron chi connectivity index (χ0n) is 16.1. The molecule has 2 aromatic carbocycles. The van der Waals surface area contributed by atoms with Gasteiger partial charge in [-0.15, -0.1) is 0 Å². The molecule has 2 aromatic rings. The molecule has 1 amide bonds. The highest BCUT2D eigenvalue weighted by atomic mass is 35.5. The highest BCUT2D eigenvalue weighted by molar-refractivity contribution is 6.35. The average molecular weight is 423 g/mol. The van der Waals surface area contributed by atoms with Crippen molar-refractivity contribution in [2.45, 2.75) is 31.5 Å². The number of nitrogens with one attached hydrogen (secondary N) is 1. The molecule has 150 valence electrons. The number of carbonyl (C=O) groups excluding carboxylic acids is 1. The SMILES string of the molecule is COc1ccccc1C(C)NC(=O)CN(C)C1c2cc(Cl)cc(Cl)c2CC1O. The molecule has 0 saturated heterocycles. The van der Waals surface area contributed by atoms with E-state index >= 15 is 0 Å². The summed E-state index contributed by atoms with van der Waals surface area (Å²) in [6, 6.07) is 10.5. The van der Waals surface area contributed by atoms with Crippen molar-refractivity contribution in [2.75, 3.05) is 20.7 Å². The van der Waals surface area contributed by atoms with E-state index in [9.17, 15) is 9.90 Å². The molecule has 0 heterocycles. The lowest BCUT2D eigenvalue weighted by Gasteiger charge is -2.28. The predicted molar refractivity (Wildman–Crippen MR) is 111 cm³/mol. The molecule has 0 radical (unpaired) electrons. The number of aliphatic hydroxyl groups is 1. The highest BCUT2D eigenvalue weighted by Gasteiger charge is 2.36. The van der Waals surface area contributed by atoms with Crippen molar-refractivity contribution < 1.29 is 14.6 Å². The number of para-hydroxylation sites is 1. The molecule has 0 saturated carbocycles. The van der Waals surface area contributed by atoms with Crippen LogP contribution in [0, 0.1) is 0 Å². The Bertz CT molecular complexity index is 875. The predicted octanol–water partition coefficient (Wildman–Crippen LogP) is 3.77. The van der Waals surface area contributed by atoms with Crippen LogP contribution in [-0.2, 0) is 11.2 Å². The molecule has 0 fully saturated rings. The van der Waals surface area contributed by atoms with Crippen LogP contribution in [0.2, 0.25) is 10.0 Å². The summed E-state index contributed by atoms with van der Waals surface area (Å²) in [5.41, 5.74) is 2.67. The maximum absolute atomic E-state index is 12.6. The third-order valence-corrected chi connectivity index (χ3v) is 5.70. The Morgan fingerprint density at radius 3 is 2.79 bits per heavy atom. The van der Waals surface area contributed by atoms with E-state index in [1.54, 1.807) is 13.2 Å². The summed E-state index contributed by atoms with van der Waals surface area (Å²) >= 11 is 12.4. The molecular formula is C21H24Cl2N2O3. The fourth-order valence-corrected chi connectivity index (χ4v) is 4.46. The molecule has 3 atom stereocenters. The lowest BCUT2D eigenvalue weighted by atomic mass is 10.1. The van der Waals surface area contributed by atoms with Gasteiger partial charge in [0.1, 0.15) is 5.75 Å². The van der Waals surface area contributed by atoms with Crippen molar-refractivity contribution in [2.24, 2.45) is 0 Å². The molecule has 5 nitrogen and oxygen atoms in total. The smallest absolute Gasteiger partial charge is 0.234 e. The largest absolute Gasteiger partial charge is 0.496 e. The van der Waals surface area contributed by atoms with Crippen LogP contribution in [0.3, 0.4) is 0 Å². The lowest BCUT2D eigenvalue weighted by molar-refractivity contribution is -0.123. The van der Waals surface area contributed by atoms with Gasteiger partial charge in [0.25, 0.3) is 0 Å². The molecule has 2 N–H and O–H groups in total. The Labute approximate surface area is 175 Å². The zero-order chi connectivity index (χ0) is 20.4. The Hall–Kier alpha value is -1.79. The Morgan fingerprint density at radius 1 is 1.36 bits per heavy atom. The van der Waals surface area contributed by atoms with Crippen molar-refractivity contribution in [1.82, 2.24) is 10.2 Å². The fraction of sp³-hybridized carbons (Fsp3) is 0.381. The van der Waals surface area contributed by atoms with Gasteiger partial charge in [-0.2, -0.15) is 0 Å². The number of methoxy groups -OCH3 is 1. The molecule has 0 aliphatic heterocycles. The quantitative estimate of drug-likeness (QED) is 0.743. The number of benzene rings is 2. The summed E-state index contributed by atoms with van der Waals surface area (Å²) in [6.45, 7) is 2.04. The second-order valence-electron chi connectivity index (χ2n) is 7.12. The molecule has 28 heavy (non-hydrogen) atoms. The summed E-state index contributed by atoms with van der Waals surface area (Å²) in [5, 5.41) is 14.6. The Kier molecular flexibility index (Phi) is 6.50. The summed E-state index contributed by atoms with van der Waals surface area (Å²) in [4.78, 5) is 14.4. The van der Waals surface area contributed by atoms with E-state index in [0.717, 1.165) is 22.4 Å². The number of ether oxygens (including phenoxy) is 1. The minimum Gasteiger partial charge on any atom is -0.496 e. The van der Waals surface area contributed by atoms with Crippen LogP contribution in [0.4, 0.5) is 0 Å². The fourth-order valence-electron chi connectivity index (χ4n) is 3.88. The molecule has 1 aliphatic carbocycles. The summed E-state index contributed by atoms with van der Waals surface area (Å²) in [7, 11) is 3.42. The summed E-state index contributed by atoms with van der Waals surface area (Å²) < 4.78 is 5.37. The van der Waals surface area contributed by atoms with Crippen molar-refractivity contribution in [1.29, 1.82) is 0 Å². The number of carbonyl (C=O) groups is 1. The number of likely N-dealkylation sites (N-methyl/N-ethyl adjacent to an activating group) is 1. The molecule has 0 spiro atoms. The van der Waals surface area contributed by atoms with E-state index in [1.807, 2.05) is 49.2 Å². The topological polar surface area (TPSA) is 61.8 Å². The number of fused-ring (bicyclic) bond motifs is 1. The first-order valence-electron chi connectivity index (χ1n) is 9.10. The zero-order valence-corrected chi connectivity index (χ0v) is 17.6. The number of aliphatic hydroxyl groups excluding tert-OH is 1. The lowest BCUT2D eigenvalue weighted by Crippen LogP contribution is -2.40. The van der Waals surface area contributed by atoms with Crippen molar-refractivity contribution in [3.05, 3.63) is 63.1 Å². The van der Waals surface area contributed by atoms with E-state index < -0.39 is 6.10 Å². The number of rotatable bonds is 6. The Balaban J connectivity index is 1.70. The van der Waals surface area contributed by atoms with Crippen LogP contribution in [0.1, 0.15) is 35.7 Å². The van der Waals surface area contributed by atoms with Gasteiger partial charge in [0.2, 0.25) is 5.91 Å². The van der Waals surface area contributed by atoms with E-state index in [4.69, 9.17) is 27.9 Å². The van der Waals surface area contributed by atoms with Gasteiger partial charge in [0.15, 0.2) is 0 Å². The maximum atomic E-state index is 12.6. The van der Waals surface area contributed by atoms with Gasteiger partial charge >= 0.3 is 0 Å². The van der Waals surface area contributed by atoms with Crippen molar-refractivity contribution in [3.8, 4) is 5.75 Å². The van der Waals surface area contributed by atoms with E-state index in [2.05, 4.69) is 5.32 Å². The van der Waals surface area contributed by atoms with Gasteiger partial charge < -0.3 is 15.2 Å². The average Bonchev–Trinajstić information content (AvgIpc) is 2.97. The molecule has 7 heteroatoms. The second kappa shape index (κ2) is 8.70. The van der Waals surface area contributed by atoms with Crippen LogP contribution < -0.4 is 10.1 Å². The molecule has 3 unspecified atom stereocenters. The maximum Gasteiger partial charge on any atom is 0.234 e. The molecule has 1 aliphatic rings. The number of halogens is 2. The normalized spacial score (nSPS) is 19.4. The van der Waals surface area contributed by atoms with Crippen molar-refractivity contribution >= 4 is 29.1 Å². The van der Waals surface area contributed by atoms with Gasteiger partial charge in [0, 0.05) is 22.0 Å².